The Labute approximate surface area is 131 Å². The number of hydrogen-bond donors (Lipinski definition) is 0. The summed E-state index contributed by atoms with van der Waals surface area (Å²) < 4.78 is 38.7. The van der Waals surface area contributed by atoms with Gasteiger partial charge in [-0.2, -0.15) is 13.2 Å². The first kappa shape index (κ1) is 15.5. The van der Waals surface area contributed by atoms with Gasteiger partial charge >= 0.3 is 6.18 Å². The number of nitrogens with zero attached hydrogens (tertiary/aromatic N) is 2. The van der Waals surface area contributed by atoms with Crippen LogP contribution in [0.1, 0.15) is 18.4 Å². The highest BCUT2D eigenvalue weighted by Gasteiger charge is 2.36. The van der Waals surface area contributed by atoms with Gasteiger partial charge < -0.3 is 9.80 Å². The van der Waals surface area contributed by atoms with E-state index in [4.69, 9.17) is 11.6 Å². The maximum atomic E-state index is 12.9. The number of benzene rings is 1. The number of anilines is 1. The van der Waals surface area contributed by atoms with Gasteiger partial charge in [-0.05, 0) is 31.0 Å². The number of carbonyl (C=O) groups is 1. The molecule has 0 radical (unpaired) electrons. The molecule has 0 N–H and O–H groups in total. The number of rotatable bonds is 2. The predicted molar refractivity (Wildman–Crippen MR) is 78.0 cm³/mol. The van der Waals surface area contributed by atoms with Crippen LogP contribution < -0.4 is 4.90 Å². The fraction of sp³-hybridized carbons (Fsp3) is 0.533. The molecule has 0 spiro atoms. The van der Waals surface area contributed by atoms with Crippen molar-refractivity contribution in [2.45, 2.75) is 19.0 Å². The van der Waals surface area contributed by atoms with E-state index in [9.17, 15) is 18.0 Å². The summed E-state index contributed by atoms with van der Waals surface area (Å²) in [6.45, 7) is 2.19. The van der Waals surface area contributed by atoms with Crippen LogP contribution in [0.5, 0.6) is 0 Å². The molecule has 2 fully saturated rings. The highest BCUT2D eigenvalue weighted by Crippen LogP contribution is 2.37. The molecule has 0 aromatic heterocycles. The number of piperazine rings is 1. The Morgan fingerprint density at radius 1 is 1.14 bits per heavy atom. The number of carbonyl (C=O) groups excluding carboxylic acids is 1. The topological polar surface area (TPSA) is 23.6 Å². The SMILES string of the molecule is O=C(C1CC1)N1CCN(c2ccc(Cl)c(C(F)(F)F)c2)CC1. The first-order chi connectivity index (χ1) is 10.4. The maximum absolute atomic E-state index is 12.9. The van der Waals surface area contributed by atoms with Gasteiger partial charge in [0.15, 0.2) is 0 Å². The first-order valence-electron chi connectivity index (χ1n) is 7.27. The van der Waals surface area contributed by atoms with Gasteiger partial charge in [-0.1, -0.05) is 11.6 Å². The second-order valence-electron chi connectivity index (χ2n) is 5.75. The predicted octanol–water partition coefficient (Wildman–Crippen LogP) is 3.42. The zero-order valence-electron chi connectivity index (χ0n) is 11.9. The van der Waals surface area contributed by atoms with E-state index >= 15 is 0 Å². The van der Waals surface area contributed by atoms with Gasteiger partial charge in [0.05, 0.1) is 10.6 Å². The van der Waals surface area contributed by atoms with Gasteiger partial charge in [-0.15, -0.1) is 0 Å². The summed E-state index contributed by atoms with van der Waals surface area (Å²) in [5.41, 5.74) is -0.321. The van der Waals surface area contributed by atoms with Crippen LogP contribution in [0.25, 0.3) is 0 Å². The van der Waals surface area contributed by atoms with Crippen molar-refractivity contribution in [3.05, 3.63) is 28.8 Å². The lowest BCUT2D eigenvalue weighted by Crippen LogP contribution is -2.49. The third-order valence-corrected chi connectivity index (χ3v) is 4.47. The van der Waals surface area contributed by atoms with Crippen LogP contribution in [0.2, 0.25) is 5.02 Å². The van der Waals surface area contributed by atoms with Crippen molar-refractivity contribution in [3.63, 3.8) is 0 Å². The van der Waals surface area contributed by atoms with E-state index in [-0.39, 0.29) is 16.8 Å². The molecule has 2 aliphatic rings. The molecule has 3 nitrogen and oxygen atoms in total. The molecule has 1 aromatic rings. The van der Waals surface area contributed by atoms with Crippen molar-refractivity contribution in [3.8, 4) is 0 Å². The van der Waals surface area contributed by atoms with Crippen LogP contribution in [0, 0.1) is 5.92 Å². The molecule has 3 rings (SSSR count). The van der Waals surface area contributed by atoms with Crippen LogP contribution in [0.4, 0.5) is 18.9 Å². The average Bonchev–Trinajstić information content (AvgIpc) is 3.31. The van der Waals surface area contributed by atoms with Gasteiger partial charge in [0.2, 0.25) is 5.91 Å². The molecule has 1 aliphatic carbocycles. The molecule has 1 aromatic carbocycles. The summed E-state index contributed by atoms with van der Waals surface area (Å²) in [7, 11) is 0. The minimum Gasteiger partial charge on any atom is -0.368 e. The smallest absolute Gasteiger partial charge is 0.368 e. The van der Waals surface area contributed by atoms with Crippen molar-refractivity contribution in [1.29, 1.82) is 0 Å². The number of hydrogen-bond acceptors (Lipinski definition) is 2. The second kappa shape index (κ2) is 5.65. The Kier molecular flexibility index (Phi) is 3.97. The molecule has 1 heterocycles. The minimum absolute atomic E-state index is 0.180. The van der Waals surface area contributed by atoms with Gasteiger partial charge in [0, 0.05) is 37.8 Å². The number of halogens is 4. The summed E-state index contributed by atoms with van der Waals surface area (Å²) >= 11 is 5.63. The second-order valence-corrected chi connectivity index (χ2v) is 6.16. The van der Waals surface area contributed by atoms with Crippen molar-refractivity contribution >= 4 is 23.2 Å². The average molecular weight is 333 g/mol. The van der Waals surface area contributed by atoms with Crippen LogP contribution in [0.3, 0.4) is 0 Å². The third-order valence-electron chi connectivity index (χ3n) is 4.14. The standard InChI is InChI=1S/C15H16ClF3N2O/c16-13-4-3-11(9-12(13)15(17,18)19)20-5-7-21(8-6-20)14(22)10-1-2-10/h3-4,9-10H,1-2,5-8H2. The van der Waals surface area contributed by atoms with Crippen molar-refractivity contribution in [1.82, 2.24) is 4.90 Å². The third kappa shape index (κ3) is 3.16. The van der Waals surface area contributed by atoms with E-state index in [0.717, 1.165) is 18.9 Å². The maximum Gasteiger partial charge on any atom is 0.417 e. The lowest BCUT2D eigenvalue weighted by Gasteiger charge is -2.36. The molecule has 1 saturated carbocycles. The Bertz CT molecular complexity index is 579. The number of amides is 1. The van der Waals surface area contributed by atoms with Crippen LogP contribution in [0.15, 0.2) is 18.2 Å². The van der Waals surface area contributed by atoms with Crippen LogP contribution >= 0.6 is 11.6 Å². The Hall–Kier alpha value is -1.43. The lowest BCUT2D eigenvalue weighted by atomic mass is 10.1. The zero-order valence-corrected chi connectivity index (χ0v) is 12.6. The summed E-state index contributed by atoms with van der Waals surface area (Å²) in [5.74, 6) is 0.366. The summed E-state index contributed by atoms with van der Waals surface area (Å²) in [6.07, 6.45) is -2.53. The molecular formula is C15H16ClF3N2O. The normalized spacial score (nSPS) is 19.5. The molecular weight excluding hydrogens is 317 g/mol. The van der Waals surface area contributed by atoms with Crippen molar-refractivity contribution in [2.24, 2.45) is 5.92 Å². The zero-order chi connectivity index (χ0) is 15.9. The monoisotopic (exact) mass is 332 g/mol. The molecule has 1 aliphatic heterocycles. The van der Waals surface area contributed by atoms with Gasteiger partial charge in [0.1, 0.15) is 0 Å². The highest BCUT2D eigenvalue weighted by atomic mass is 35.5. The van der Waals surface area contributed by atoms with E-state index in [1.165, 1.54) is 6.07 Å². The van der Waals surface area contributed by atoms with Crippen molar-refractivity contribution in [2.75, 3.05) is 31.1 Å². The Morgan fingerprint density at radius 3 is 2.32 bits per heavy atom. The molecule has 0 unspecified atom stereocenters. The van der Waals surface area contributed by atoms with E-state index < -0.39 is 11.7 Å². The number of alkyl halides is 3. The Morgan fingerprint density at radius 2 is 1.77 bits per heavy atom. The van der Waals surface area contributed by atoms with E-state index in [0.29, 0.717) is 31.9 Å². The van der Waals surface area contributed by atoms with Crippen molar-refractivity contribution < 1.29 is 18.0 Å². The van der Waals surface area contributed by atoms with Gasteiger partial charge in [0.25, 0.3) is 0 Å². The summed E-state index contributed by atoms with van der Waals surface area (Å²) in [4.78, 5) is 15.7. The molecule has 22 heavy (non-hydrogen) atoms. The molecule has 0 atom stereocenters. The lowest BCUT2D eigenvalue weighted by molar-refractivity contribution is -0.137. The first-order valence-corrected chi connectivity index (χ1v) is 7.64. The summed E-state index contributed by atoms with van der Waals surface area (Å²) in [5, 5.41) is -0.293. The van der Waals surface area contributed by atoms with E-state index in [1.54, 1.807) is 6.07 Å². The molecule has 0 bridgehead atoms. The van der Waals surface area contributed by atoms with Gasteiger partial charge in [-0.3, -0.25) is 4.79 Å². The van der Waals surface area contributed by atoms with E-state index in [2.05, 4.69) is 0 Å². The summed E-state index contributed by atoms with van der Waals surface area (Å²) in [6, 6.07) is 3.96. The molecule has 120 valence electrons. The fourth-order valence-electron chi connectivity index (χ4n) is 2.70. The molecule has 1 amide bonds. The minimum atomic E-state index is -4.46. The van der Waals surface area contributed by atoms with Crippen LogP contribution in [-0.2, 0) is 11.0 Å². The molecule has 7 heteroatoms. The largest absolute Gasteiger partial charge is 0.417 e. The van der Waals surface area contributed by atoms with E-state index in [1.807, 2.05) is 9.80 Å². The quantitative estimate of drug-likeness (QED) is 0.828. The van der Waals surface area contributed by atoms with Crippen LogP contribution in [-0.4, -0.2) is 37.0 Å². The highest BCUT2D eigenvalue weighted by molar-refractivity contribution is 6.31. The molecule has 1 saturated heterocycles. The Balaban J connectivity index is 1.69. The van der Waals surface area contributed by atoms with Gasteiger partial charge in [-0.25, -0.2) is 0 Å². The fourth-order valence-corrected chi connectivity index (χ4v) is 2.93.